The van der Waals surface area contributed by atoms with Crippen LogP contribution in [0.3, 0.4) is 0 Å². The summed E-state index contributed by atoms with van der Waals surface area (Å²) in [5.74, 6) is -1.12. The van der Waals surface area contributed by atoms with Crippen molar-refractivity contribution in [3.63, 3.8) is 0 Å². The number of aliphatic hydroxyl groups excluding tert-OH is 1. The SMILES string of the molecule is OCc1c(OC(F)(F)F)cc(C(F)(F)F)nc1CBr. The first-order valence-electron chi connectivity index (χ1n) is 4.61. The molecule has 10 heteroatoms. The molecule has 0 saturated carbocycles. The highest BCUT2D eigenvalue weighted by Crippen LogP contribution is 2.35. The molecule has 0 aromatic carbocycles. The van der Waals surface area contributed by atoms with Crippen LogP contribution in [0, 0.1) is 0 Å². The maximum atomic E-state index is 12.5. The average molecular weight is 354 g/mol. The second-order valence-electron chi connectivity index (χ2n) is 3.27. The Balaban J connectivity index is 3.40. The molecule has 108 valence electrons. The highest BCUT2D eigenvalue weighted by molar-refractivity contribution is 9.08. The molecule has 0 aliphatic heterocycles. The Hall–Kier alpha value is -1.03. The summed E-state index contributed by atoms with van der Waals surface area (Å²) in [6.07, 6.45) is -10.1. The quantitative estimate of drug-likeness (QED) is 0.669. The van der Waals surface area contributed by atoms with Crippen molar-refractivity contribution in [1.29, 1.82) is 0 Å². The molecule has 1 N–H and O–H groups in total. The molecule has 3 nitrogen and oxygen atoms in total. The molecule has 1 aromatic heterocycles. The van der Waals surface area contributed by atoms with Crippen LogP contribution in [0.15, 0.2) is 6.07 Å². The normalized spacial score (nSPS) is 12.6. The van der Waals surface area contributed by atoms with E-state index in [4.69, 9.17) is 5.11 Å². The van der Waals surface area contributed by atoms with Crippen LogP contribution >= 0.6 is 15.9 Å². The van der Waals surface area contributed by atoms with Gasteiger partial charge in [0, 0.05) is 17.0 Å². The molecule has 0 atom stereocenters. The molecule has 0 unspecified atom stereocenters. The van der Waals surface area contributed by atoms with E-state index in [0.717, 1.165) is 0 Å². The smallest absolute Gasteiger partial charge is 0.405 e. The number of rotatable bonds is 3. The second kappa shape index (κ2) is 5.53. The molecular formula is C9H6BrF6NO2. The van der Waals surface area contributed by atoms with Gasteiger partial charge >= 0.3 is 12.5 Å². The van der Waals surface area contributed by atoms with Crippen molar-refractivity contribution in [2.45, 2.75) is 24.5 Å². The number of halogens is 7. The van der Waals surface area contributed by atoms with E-state index in [0.29, 0.717) is 0 Å². The summed E-state index contributed by atoms with van der Waals surface area (Å²) in [6, 6.07) is 0.102. The van der Waals surface area contributed by atoms with Crippen LogP contribution in [0.5, 0.6) is 5.75 Å². The van der Waals surface area contributed by atoms with Gasteiger partial charge < -0.3 is 9.84 Å². The average Bonchev–Trinajstić information content (AvgIpc) is 2.24. The molecule has 1 heterocycles. The highest BCUT2D eigenvalue weighted by atomic mass is 79.9. The van der Waals surface area contributed by atoms with E-state index in [1.807, 2.05) is 0 Å². The first kappa shape index (κ1) is 16.0. The fourth-order valence-corrected chi connectivity index (χ4v) is 1.70. The second-order valence-corrected chi connectivity index (χ2v) is 3.83. The van der Waals surface area contributed by atoms with Gasteiger partial charge in [0.25, 0.3) is 0 Å². The summed E-state index contributed by atoms with van der Waals surface area (Å²) in [7, 11) is 0. The van der Waals surface area contributed by atoms with E-state index in [1.54, 1.807) is 0 Å². The summed E-state index contributed by atoms with van der Waals surface area (Å²) in [6.45, 7) is -0.933. The number of ether oxygens (including phenoxy) is 1. The van der Waals surface area contributed by atoms with Gasteiger partial charge in [-0.3, -0.25) is 0 Å². The number of pyridine rings is 1. The topological polar surface area (TPSA) is 42.4 Å². The van der Waals surface area contributed by atoms with Gasteiger partial charge in [-0.15, -0.1) is 13.2 Å². The van der Waals surface area contributed by atoms with Crippen LogP contribution in [-0.4, -0.2) is 16.5 Å². The summed E-state index contributed by atoms with van der Waals surface area (Å²) in [5, 5.41) is 8.67. The van der Waals surface area contributed by atoms with Crippen molar-refractivity contribution < 1.29 is 36.2 Å². The fourth-order valence-electron chi connectivity index (χ4n) is 1.24. The van der Waals surface area contributed by atoms with Crippen LogP contribution < -0.4 is 4.74 Å². The Bertz CT molecular complexity index is 459. The summed E-state index contributed by atoms with van der Waals surface area (Å²) in [4.78, 5) is 3.14. The highest BCUT2D eigenvalue weighted by Gasteiger charge is 2.37. The maximum Gasteiger partial charge on any atom is 0.573 e. The van der Waals surface area contributed by atoms with Crippen molar-refractivity contribution in [2.24, 2.45) is 0 Å². The molecule has 0 amide bonds. The monoisotopic (exact) mass is 353 g/mol. The Morgan fingerprint density at radius 3 is 2.16 bits per heavy atom. The number of aliphatic hydroxyl groups is 1. The lowest BCUT2D eigenvalue weighted by Crippen LogP contribution is -2.20. The minimum absolute atomic E-state index is 0.102. The summed E-state index contributed by atoms with van der Waals surface area (Å²) < 4.78 is 77.2. The largest absolute Gasteiger partial charge is 0.573 e. The molecule has 0 spiro atoms. The zero-order valence-corrected chi connectivity index (χ0v) is 10.5. The first-order valence-corrected chi connectivity index (χ1v) is 5.73. The van der Waals surface area contributed by atoms with Gasteiger partial charge in [-0.05, 0) is 0 Å². The first-order chi connectivity index (χ1) is 8.58. The molecule has 0 aliphatic rings. The molecule has 19 heavy (non-hydrogen) atoms. The van der Waals surface area contributed by atoms with Gasteiger partial charge in [-0.25, -0.2) is 4.98 Å². The third-order valence-corrected chi connectivity index (χ3v) is 2.50. The van der Waals surface area contributed by atoms with E-state index in [-0.39, 0.29) is 17.1 Å². The maximum absolute atomic E-state index is 12.5. The van der Waals surface area contributed by atoms with Crippen molar-refractivity contribution in [3.8, 4) is 5.75 Å². The summed E-state index contributed by atoms with van der Waals surface area (Å²) in [5.41, 5.74) is -2.36. The lowest BCUT2D eigenvalue weighted by atomic mass is 10.1. The van der Waals surface area contributed by atoms with Crippen molar-refractivity contribution in [3.05, 3.63) is 23.0 Å². The van der Waals surface area contributed by atoms with Crippen molar-refractivity contribution in [2.75, 3.05) is 0 Å². The van der Waals surface area contributed by atoms with Crippen LogP contribution in [0.4, 0.5) is 26.3 Å². The van der Waals surface area contributed by atoms with E-state index < -0.39 is 36.2 Å². The van der Waals surface area contributed by atoms with E-state index in [9.17, 15) is 26.3 Å². The molecule has 1 aromatic rings. The fraction of sp³-hybridized carbons (Fsp3) is 0.444. The number of alkyl halides is 7. The Morgan fingerprint density at radius 2 is 1.79 bits per heavy atom. The van der Waals surface area contributed by atoms with Crippen LogP contribution in [0.1, 0.15) is 17.0 Å². The van der Waals surface area contributed by atoms with Crippen LogP contribution in [0.2, 0.25) is 0 Å². The molecular weight excluding hydrogens is 348 g/mol. The third kappa shape index (κ3) is 4.23. The minimum atomic E-state index is -5.17. The van der Waals surface area contributed by atoms with E-state index in [1.165, 1.54) is 0 Å². The van der Waals surface area contributed by atoms with Crippen molar-refractivity contribution in [1.82, 2.24) is 4.98 Å². The molecule has 0 bridgehead atoms. The summed E-state index contributed by atoms with van der Waals surface area (Å²) >= 11 is 2.79. The zero-order chi connectivity index (χ0) is 14.8. The van der Waals surface area contributed by atoms with E-state index >= 15 is 0 Å². The number of aromatic nitrogens is 1. The Labute approximate surface area is 111 Å². The van der Waals surface area contributed by atoms with Gasteiger partial charge in [0.15, 0.2) is 0 Å². The van der Waals surface area contributed by atoms with Crippen LogP contribution in [0.25, 0.3) is 0 Å². The Morgan fingerprint density at radius 1 is 1.21 bits per heavy atom. The van der Waals surface area contributed by atoms with Crippen LogP contribution in [-0.2, 0) is 18.1 Å². The lowest BCUT2D eigenvalue weighted by Gasteiger charge is -2.16. The van der Waals surface area contributed by atoms with Gasteiger partial charge in [0.2, 0.25) is 0 Å². The zero-order valence-electron chi connectivity index (χ0n) is 8.94. The third-order valence-electron chi connectivity index (χ3n) is 1.97. The van der Waals surface area contributed by atoms with Gasteiger partial charge in [-0.1, -0.05) is 15.9 Å². The lowest BCUT2D eigenvalue weighted by molar-refractivity contribution is -0.275. The van der Waals surface area contributed by atoms with Gasteiger partial charge in [0.05, 0.1) is 12.3 Å². The molecule has 0 saturated heterocycles. The predicted octanol–water partition coefficient (Wildman–Crippen LogP) is 3.39. The van der Waals surface area contributed by atoms with Crippen molar-refractivity contribution >= 4 is 15.9 Å². The predicted molar refractivity (Wildman–Crippen MR) is 54.5 cm³/mol. The molecule has 0 radical (unpaired) electrons. The minimum Gasteiger partial charge on any atom is -0.405 e. The number of hydrogen-bond acceptors (Lipinski definition) is 3. The molecule has 0 fully saturated rings. The number of nitrogens with zero attached hydrogens (tertiary/aromatic N) is 1. The van der Waals surface area contributed by atoms with Gasteiger partial charge in [-0.2, -0.15) is 13.2 Å². The van der Waals surface area contributed by atoms with E-state index in [2.05, 4.69) is 25.7 Å². The standard InChI is InChI=1S/C9H6BrF6NO2/c10-2-5-4(3-18)6(19-9(14,15)16)1-7(17-5)8(11,12)13/h1,18H,2-3H2. The Kier molecular flexibility index (Phi) is 4.67. The molecule has 1 rings (SSSR count). The number of hydrogen-bond donors (Lipinski definition) is 1. The van der Waals surface area contributed by atoms with Gasteiger partial charge in [0.1, 0.15) is 11.4 Å². The molecule has 0 aliphatic carbocycles.